The molecule has 12 rings (SSSR count). The van der Waals surface area contributed by atoms with Gasteiger partial charge < -0.3 is 4.90 Å². The van der Waals surface area contributed by atoms with Crippen LogP contribution in [0.25, 0.3) is 97.4 Å². The molecule has 0 aliphatic carbocycles. The van der Waals surface area contributed by atoms with E-state index in [1.54, 1.807) is 0 Å². The lowest BCUT2D eigenvalue weighted by molar-refractivity contribution is 1.30. The van der Waals surface area contributed by atoms with Crippen LogP contribution in [0.3, 0.4) is 0 Å². The molecule has 0 radical (unpaired) electrons. The maximum atomic E-state index is 2.45. The first-order chi connectivity index (χ1) is 31.7. The second-order valence-electron chi connectivity index (χ2n) is 16.4. The number of hydrogen-bond acceptors (Lipinski definition) is 2. The van der Waals surface area contributed by atoms with E-state index in [0.29, 0.717) is 0 Å². The van der Waals surface area contributed by atoms with E-state index >= 15 is 0 Å². The van der Waals surface area contributed by atoms with E-state index in [2.05, 4.69) is 254 Å². The number of thiophene rings is 1. The van der Waals surface area contributed by atoms with Crippen LogP contribution in [-0.2, 0) is 0 Å². The molecule has 0 aliphatic rings. The summed E-state index contributed by atoms with van der Waals surface area (Å²) in [6.07, 6.45) is 0. The summed E-state index contributed by atoms with van der Waals surface area (Å²) in [4.78, 5) is 2.45. The summed E-state index contributed by atoms with van der Waals surface area (Å²) in [5, 5.41) is 7.58. The van der Waals surface area contributed by atoms with Crippen LogP contribution < -0.4 is 4.90 Å². The average molecular weight is 832 g/mol. The highest BCUT2D eigenvalue weighted by Crippen LogP contribution is 2.48. The SMILES string of the molecule is c1ccc(-c2ccc(-c3ccc(N(c4cccc(-c5ccc6c(c5)c(-c5ccccc5)c(-c5ccccc5)c5ccccc56)c4)c4cccc5c4sc4ccccc45)cc3)cc2)cc1. The van der Waals surface area contributed by atoms with Crippen molar-refractivity contribution in [1.82, 2.24) is 0 Å². The number of hydrogen-bond donors (Lipinski definition) is 0. The Morgan fingerprint density at radius 2 is 0.703 bits per heavy atom. The molecule has 0 unspecified atom stereocenters. The molecule has 12 aromatic rings. The van der Waals surface area contributed by atoms with Crippen LogP contribution in [0.5, 0.6) is 0 Å². The fourth-order valence-electron chi connectivity index (χ4n) is 9.63. The van der Waals surface area contributed by atoms with Gasteiger partial charge in [-0.25, -0.2) is 0 Å². The Hall–Kier alpha value is -8.04. The van der Waals surface area contributed by atoms with Crippen molar-refractivity contribution in [2.45, 2.75) is 0 Å². The zero-order chi connectivity index (χ0) is 42.4. The van der Waals surface area contributed by atoms with E-state index in [1.807, 2.05) is 11.3 Å². The van der Waals surface area contributed by atoms with Gasteiger partial charge in [-0.05, 0) is 120 Å². The Bertz CT molecular complexity index is 3630. The third-order valence-corrected chi connectivity index (χ3v) is 13.9. The van der Waals surface area contributed by atoms with Crippen LogP contribution in [0.1, 0.15) is 0 Å². The van der Waals surface area contributed by atoms with Crippen LogP contribution in [0, 0.1) is 0 Å². The maximum absolute atomic E-state index is 2.45. The monoisotopic (exact) mass is 831 g/mol. The van der Waals surface area contributed by atoms with Gasteiger partial charge in [0.05, 0.1) is 10.4 Å². The molecule has 0 fully saturated rings. The molecule has 1 heterocycles. The normalized spacial score (nSPS) is 11.4. The summed E-state index contributed by atoms with van der Waals surface area (Å²) in [6, 6.07) is 90.9. The van der Waals surface area contributed by atoms with Gasteiger partial charge in [-0.2, -0.15) is 0 Å². The molecular weight excluding hydrogens is 791 g/mol. The standard InChI is InChI=1S/C62H41NS/c1-4-16-42(17-5-1)43-30-32-44(33-31-43)45-34-37-50(38-35-45)63(58-28-15-27-56-54-25-12-13-29-59(54)64-62(56)58)51-23-14-22-48(40-51)49-36-39-53-52-24-10-11-26-55(52)60(46-18-6-2-7-19-46)61(57(53)41-49)47-20-8-3-9-21-47/h1-41H. The lowest BCUT2D eigenvalue weighted by Crippen LogP contribution is -2.10. The molecular formula is C62H41NS. The first kappa shape index (κ1) is 37.7. The summed E-state index contributed by atoms with van der Waals surface area (Å²) < 4.78 is 2.56. The van der Waals surface area contributed by atoms with Gasteiger partial charge in [0.2, 0.25) is 0 Å². The summed E-state index contributed by atoms with van der Waals surface area (Å²) >= 11 is 1.87. The van der Waals surface area contributed by atoms with Gasteiger partial charge in [0.25, 0.3) is 0 Å². The van der Waals surface area contributed by atoms with Crippen molar-refractivity contribution in [3.05, 3.63) is 249 Å². The number of fused-ring (bicyclic) bond motifs is 6. The molecule has 11 aromatic carbocycles. The van der Waals surface area contributed by atoms with Gasteiger partial charge in [0.1, 0.15) is 0 Å². The predicted octanol–water partition coefficient (Wildman–Crippen LogP) is 18.2. The quantitative estimate of drug-likeness (QED) is 0.138. The third kappa shape index (κ3) is 6.64. The largest absolute Gasteiger partial charge is 0.309 e. The molecule has 1 aromatic heterocycles. The molecule has 0 aliphatic heterocycles. The number of benzene rings is 11. The molecule has 0 saturated heterocycles. The molecule has 0 amide bonds. The van der Waals surface area contributed by atoms with Gasteiger partial charge >= 0.3 is 0 Å². The molecule has 0 bridgehead atoms. The van der Waals surface area contributed by atoms with Crippen molar-refractivity contribution >= 4 is 70.1 Å². The van der Waals surface area contributed by atoms with Crippen LogP contribution >= 0.6 is 11.3 Å². The van der Waals surface area contributed by atoms with Crippen molar-refractivity contribution < 1.29 is 0 Å². The highest BCUT2D eigenvalue weighted by molar-refractivity contribution is 7.26. The zero-order valence-corrected chi connectivity index (χ0v) is 35.8. The smallest absolute Gasteiger partial charge is 0.0640 e. The molecule has 0 atom stereocenters. The van der Waals surface area contributed by atoms with Gasteiger partial charge in [-0.15, -0.1) is 11.3 Å². The lowest BCUT2D eigenvalue weighted by atomic mass is 9.84. The minimum absolute atomic E-state index is 1.11. The molecule has 2 heteroatoms. The fourth-order valence-corrected chi connectivity index (χ4v) is 10.8. The predicted molar refractivity (Wildman–Crippen MR) is 276 cm³/mol. The van der Waals surface area contributed by atoms with E-state index in [4.69, 9.17) is 0 Å². The first-order valence-corrected chi connectivity index (χ1v) is 22.7. The summed E-state index contributed by atoms with van der Waals surface area (Å²) in [5.74, 6) is 0. The van der Waals surface area contributed by atoms with Crippen LogP contribution in [0.15, 0.2) is 249 Å². The number of rotatable bonds is 8. The molecule has 0 N–H and O–H groups in total. The Morgan fingerprint density at radius 3 is 1.38 bits per heavy atom. The highest BCUT2D eigenvalue weighted by atomic mass is 32.1. The van der Waals surface area contributed by atoms with Gasteiger partial charge in [-0.3, -0.25) is 0 Å². The Kier molecular flexibility index (Phi) is 9.43. The van der Waals surface area contributed by atoms with Crippen molar-refractivity contribution in [2.24, 2.45) is 0 Å². The van der Waals surface area contributed by atoms with Crippen molar-refractivity contribution in [3.8, 4) is 55.6 Å². The maximum Gasteiger partial charge on any atom is 0.0640 e. The van der Waals surface area contributed by atoms with Crippen LogP contribution in [-0.4, -0.2) is 0 Å². The zero-order valence-electron chi connectivity index (χ0n) is 35.0. The summed E-state index contributed by atoms with van der Waals surface area (Å²) in [7, 11) is 0. The van der Waals surface area contributed by atoms with E-state index in [1.165, 1.54) is 97.5 Å². The molecule has 300 valence electrons. The molecule has 1 nitrogen and oxygen atoms in total. The summed E-state index contributed by atoms with van der Waals surface area (Å²) in [5.41, 5.74) is 15.5. The minimum Gasteiger partial charge on any atom is -0.309 e. The number of nitrogens with zero attached hydrogens (tertiary/aromatic N) is 1. The van der Waals surface area contributed by atoms with Crippen molar-refractivity contribution in [2.75, 3.05) is 4.90 Å². The second kappa shape index (κ2) is 16.0. The number of anilines is 3. The van der Waals surface area contributed by atoms with Crippen LogP contribution in [0.2, 0.25) is 0 Å². The first-order valence-electron chi connectivity index (χ1n) is 21.9. The molecule has 0 spiro atoms. The van der Waals surface area contributed by atoms with Crippen molar-refractivity contribution in [3.63, 3.8) is 0 Å². The van der Waals surface area contributed by atoms with E-state index in [-0.39, 0.29) is 0 Å². The third-order valence-electron chi connectivity index (χ3n) is 12.7. The Balaban J connectivity index is 1.02. The minimum atomic E-state index is 1.11. The van der Waals surface area contributed by atoms with Gasteiger partial charge in [0, 0.05) is 26.8 Å². The van der Waals surface area contributed by atoms with E-state index < -0.39 is 0 Å². The average Bonchev–Trinajstić information content (AvgIpc) is 3.77. The lowest BCUT2D eigenvalue weighted by Gasteiger charge is -2.27. The molecule has 64 heavy (non-hydrogen) atoms. The van der Waals surface area contributed by atoms with E-state index in [0.717, 1.165) is 16.9 Å². The fraction of sp³-hybridized carbons (Fsp3) is 0. The van der Waals surface area contributed by atoms with E-state index in [9.17, 15) is 0 Å². The van der Waals surface area contributed by atoms with Crippen molar-refractivity contribution in [1.29, 1.82) is 0 Å². The van der Waals surface area contributed by atoms with Crippen LogP contribution in [0.4, 0.5) is 17.1 Å². The summed E-state index contributed by atoms with van der Waals surface area (Å²) in [6.45, 7) is 0. The second-order valence-corrected chi connectivity index (χ2v) is 17.5. The Labute approximate surface area is 377 Å². The Morgan fingerprint density at radius 1 is 0.250 bits per heavy atom. The van der Waals surface area contributed by atoms with Gasteiger partial charge in [0.15, 0.2) is 0 Å². The van der Waals surface area contributed by atoms with Gasteiger partial charge in [-0.1, -0.05) is 206 Å². The highest BCUT2D eigenvalue weighted by Gasteiger charge is 2.21. The molecule has 0 saturated carbocycles. The topological polar surface area (TPSA) is 3.24 Å².